The second-order valence-corrected chi connectivity index (χ2v) is 6.15. The number of hydrogen-bond acceptors (Lipinski definition) is 7. The van der Waals surface area contributed by atoms with E-state index in [0.717, 1.165) is 11.8 Å². The first-order valence-corrected chi connectivity index (χ1v) is 7.45. The number of hydrogen-bond donors (Lipinski definition) is 1. The van der Waals surface area contributed by atoms with Gasteiger partial charge in [0.15, 0.2) is 5.03 Å². The zero-order valence-electron chi connectivity index (χ0n) is 12.5. The van der Waals surface area contributed by atoms with Crippen LogP contribution in [0.3, 0.4) is 0 Å². The molecule has 8 heteroatoms. The lowest BCUT2D eigenvalue weighted by atomic mass is 10.2. The van der Waals surface area contributed by atoms with Crippen molar-refractivity contribution in [3.8, 4) is 0 Å². The Bertz CT molecular complexity index is 529. The van der Waals surface area contributed by atoms with E-state index in [9.17, 15) is 14.9 Å². The summed E-state index contributed by atoms with van der Waals surface area (Å²) >= 11 is 0.997. The van der Waals surface area contributed by atoms with Crippen molar-refractivity contribution >= 4 is 29.2 Å². The van der Waals surface area contributed by atoms with E-state index in [0.29, 0.717) is 12.4 Å². The van der Waals surface area contributed by atoms with E-state index in [1.54, 1.807) is 26.8 Å². The van der Waals surface area contributed by atoms with Gasteiger partial charge in [-0.2, -0.15) is 0 Å². The maximum Gasteiger partial charge on any atom is 0.316 e. The molecule has 21 heavy (non-hydrogen) atoms. The number of nitrogens with zero attached hydrogens (tertiary/aromatic N) is 2. The minimum absolute atomic E-state index is 0.0271. The second-order valence-electron chi connectivity index (χ2n) is 5.18. The van der Waals surface area contributed by atoms with Crippen molar-refractivity contribution in [3.05, 3.63) is 22.2 Å². The van der Waals surface area contributed by atoms with Gasteiger partial charge in [-0.25, -0.2) is 4.98 Å². The van der Waals surface area contributed by atoms with Crippen LogP contribution in [-0.4, -0.2) is 33.8 Å². The molecular formula is C13H19N3O4S. The number of carbonyl (C=O) groups excluding carboxylic acids is 1. The Morgan fingerprint density at radius 2 is 2.14 bits per heavy atom. The van der Waals surface area contributed by atoms with E-state index >= 15 is 0 Å². The third kappa shape index (κ3) is 5.99. The van der Waals surface area contributed by atoms with E-state index < -0.39 is 16.5 Å². The van der Waals surface area contributed by atoms with E-state index in [1.807, 2.05) is 6.92 Å². The second kappa shape index (κ2) is 7.26. The Kier molecular flexibility index (Phi) is 5.95. The molecule has 1 aromatic heterocycles. The van der Waals surface area contributed by atoms with E-state index in [4.69, 9.17) is 4.74 Å². The normalized spacial score (nSPS) is 11.0. The van der Waals surface area contributed by atoms with Crippen molar-refractivity contribution in [1.29, 1.82) is 0 Å². The molecule has 0 fully saturated rings. The summed E-state index contributed by atoms with van der Waals surface area (Å²) in [6.07, 6.45) is 0. The number of ether oxygens (including phenoxy) is 1. The molecule has 0 atom stereocenters. The SMILES string of the molecule is CCNc1ccc([N+](=O)[O-])c(SCC(=O)OC(C)(C)C)n1. The number of rotatable bonds is 6. The van der Waals surface area contributed by atoms with Crippen LogP contribution in [0.4, 0.5) is 11.5 Å². The molecule has 0 saturated carbocycles. The fourth-order valence-corrected chi connectivity index (χ4v) is 2.22. The molecule has 0 aromatic carbocycles. The molecule has 0 unspecified atom stereocenters. The molecule has 7 nitrogen and oxygen atoms in total. The van der Waals surface area contributed by atoms with Crippen molar-refractivity contribution in [1.82, 2.24) is 4.98 Å². The van der Waals surface area contributed by atoms with Crippen LogP contribution >= 0.6 is 11.8 Å². The number of anilines is 1. The Morgan fingerprint density at radius 3 is 2.67 bits per heavy atom. The summed E-state index contributed by atoms with van der Waals surface area (Å²) in [5.74, 6) is 0.0768. The van der Waals surface area contributed by atoms with Crippen LogP contribution in [0.5, 0.6) is 0 Å². The van der Waals surface area contributed by atoms with Gasteiger partial charge in [0.1, 0.15) is 11.4 Å². The number of esters is 1. The third-order valence-electron chi connectivity index (χ3n) is 2.14. The molecule has 0 aliphatic rings. The smallest absolute Gasteiger partial charge is 0.316 e. The number of nitro groups is 1. The molecule has 0 spiro atoms. The molecule has 0 saturated heterocycles. The largest absolute Gasteiger partial charge is 0.459 e. The van der Waals surface area contributed by atoms with Gasteiger partial charge in [-0.3, -0.25) is 14.9 Å². The lowest BCUT2D eigenvalue weighted by molar-refractivity contribution is -0.388. The number of aromatic nitrogens is 1. The first-order chi connectivity index (χ1) is 9.73. The molecule has 0 aliphatic heterocycles. The number of pyridine rings is 1. The minimum Gasteiger partial charge on any atom is -0.459 e. The summed E-state index contributed by atoms with van der Waals surface area (Å²) < 4.78 is 5.16. The molecule has 0 amide bonds. The van der Waals surface area contributed by atoms with Gasteiger partial charge in [0.25, 0.3) is 0 Å². The van der Waals surface area contributed by atoms with Gasteiger partial charge in [0, 0.05) is 12.6 Å². The van der Waals surface area contributed by atoms with E-state index in [1.165, 1.54) is 6.07 Å². The Balaban J connectivity index is 2.82. The number of thioether (sulfide) groups is 1. The summed E-state index contributed by atoms with van der Waals surface area (Å²) in [7, 11) is 0. The monoisotopic (exact) mass is 313 g/mol. The van der Waals surface area contributed by atoms with Gasteiger partial charge in [0.05, 0.1) is 10.7 Å². The lowest BCUT2D eigenvalue weighted by Gasteiger charge is -2.19. The average Bonchev–Trinajstić information content (AvgIpc) is 2.34. The van der Waals surface area contributed by atoms with Crippen LogP contribution in [0, 0.1) is 10.1 Å². The highest BCUT2D eigenvalue weighted by Gasteiger charge is 2.20. The van der Waals surface area contributed by atoms with E-state index in [2.05, 4.69) is 10.3 Å². The summed E-state index contributed by atoms with van der Waals surface area (Å²) in [4.78, 5) is 26.3. The van der Waals surface area contributed by atoms with Crippen LogP contribution in [0.25, 0.3) is 0 Å². The molecular weight excluding hydrogens is 294 g/mol. The number of nitrogens with one attached hydrogen (secondary N) is 1. The van der Waals surface area contributed by atoms with Crippen molar-refractivity contribution < 1.29 is 14.5 Å². The molecule has 1 heterocycles. The van der Waals surface area contributed by atoms with Crippen LogP contribution in [-0.2, 0) is 9.53 Å². The highest BCUT2D eigenvalue weighted by Crippen LogP contribution is 2.29. The van der Waals surface area contributed by atoms with Crippen molar-refractivity contribution in [2.75, 3.05) is 17.6 Å². The van der Waals surface area contributed by atoms with Crippen molar-refractivity contribution in [2.24, 2.45) is 0 Å². The van der Waals surface area contributed by atoms with Gasteiger partial charge >= 0.3 is 11.7 Å². The van der Waals surface area contributed by atoms with Crippen LogP contribution in [0.1, 0.15) is 27.7 Å². The van der Waals surface area contributed by atoms with Gasteiger partial charge in [-0.15, -0.1) is 0 Å². The Hall–Kier alpha value is -1.83. The molecule has 0 bridgehead atoms. The zero-order chi connectivity index (χ0) is 16.0. The first kappa shape index (κ1) is 17.2. The molecule has 116 valence electrons. The van der Waals surface area contributed by atoms with Crippen LogP contribution < -0.4 is 5.32 Å². The van der Waals surface area contributed by atoms with Crippen LogP contribution in [0.2, 0.25) is 0 Å². The Labute approximate surface area is 127 Å². The topological polar surface area (TPSA) is 94.4 Å². The maximum absolute atomic E-state index is 11.7. The quantitative estimate of drug-likeness (QED) is 0.373. The predicted octanol–water partition coefficient (Wildman–Crippen LogP) is 2.86. The highest BCUT2D eigenvalue weighted by molar-refractivity contribution is 8.00. The summed E-state index contributed by atoms with van der Waals surface area (Å²) in [6, 6.07) is 2.92. The van der Waals surface area contributed by atoms with Gasteiger partial charge in [-0.05, 0) is 33.8 Å². The number of carbonyl (C=O) groups is 1. The standard InChI is InChI=1S/C13H19N3O4S/c1-5-14-10-7-6-9(16(18)19)12(15-10)21-8-11(17)20-13(2,3)4/h6-7H,5,8H2,1-4H3,(H,14,15). The Morgan fingerprint density at radius 1 is 1.48 bits per heavy atom. The zero-order valence-corrected chi connectivity index (χ0v) is 13.3. The van der Waals surface area contributed by atoms with Gasteiger partial charge in [0.2, 0.25) is 0 Å². The molecule has 1 rings (SSSR count). The predicted molar refractivity (Wildman–Crippen MR) is 81.6 cm³/mol. The van der Waals surface area contributed by atoms with Crippen molar-refractivity contribution in [3.63, 3.8) is 0 Å². The summed E-state index contributed by atoms with van der Waals surface area (Å²) in [5.41, 5.74) is -0.701. The fraction of sp³-hybridized carbons (Fsp3) is 0.538. The molecule has 1 N–H and O–H groups in total. The minimum atomic E-state index is -0.581. The first-order valence-electron chi connectivity index (χ1n) is 6.47. The summed E-state index contributed by atoms with van der Waals surface area (Å²) in [6.45, 7) is 7.85. The highest BCUT2D eigenvalue weighted by atomic mass is 32.2. The fourth-order valence-electron chi connectivity index (χ4n) is 1.46. The lowest BCUT2D eigenvalue weighted by Crippen LogP contribution is -2.25. The summed E-state index contributed by atoms with van der Waals surface area (Å²) in [5, 5.41) is 14.2. The average molecular weight is 313 g/mol. The van der Waals surface area contributed by atoms with Crippen molar-refractivity contribution in [2.45, 2.75) is 38.3 Å². The van der Waals surface area contributed by atoms with Gasteiger partial charge < -0.3 is 10.1 Å². The molecule has 0 radical (unpaired) electrons. The van der Waals surface area contributed by atoms with Gasteiger partial charge in [-0.1, -0.05) is 11.8 Å². The maximum atomic E-state index is 11.7. The van der Waals surface area contributed by atoms with Crippen LogP contribution in [0.15, 0.2) is 17.2 Å². The third-order valence-corrected chi connectivity index (χ3v) is 3.10. The van der Waals surface area contributed by atoms with E-state index in [-0.39, 0.29) is 16.5 Å². The molecule has 0 aliphatic carbocycles. The molecule has 1 aromatic rings.